The van der Waals surface area contributed by atoms with Crippen molar-refractivity contribution in [1.29, 1.82) is 0 Å². The van der Waals surface area contributed by atoms with E-state index in [1.54, 1.807) is 18.2 Å². The van der Waals surface area contributed by atoms with Crippen LogP contribution in [0.1, 0.15) is 24.2 Å². The second-order valence-electron chi connectivity index (χ2n) is 7.00. The quantitative estimate of drug-likeness (QED) is 0.507. The number of carbonyl (C=O) groups excluding carboxylic acids is 2. The van der Waals surface area contributed by atoms with Crippen molar-refractivity contribution in [2.45, 2.75) is 13.8 Å². The van der Waals surface area contributed by atoms with E-state index in [9.17, 15) is 9.59 Å². The number of benzene rings is 2. The Morgan fingerprint density at radius 1 is 0.967 bits per heavy atom. The van der Waals surface area contributed by atoms with Gasteiger partial charge < -0.3 is 25.8 Å². The Kier molecular flexibility index (Phi) is 9.14. The summed E-state index contributed by atoms with van der Waals surface area (Å²) in [5, 5.41) is 8.55. The molecule has 3 amide bonds. The van der Waals surface area contributed by atoms with E-state index < -0.39 is 0 Å². The standard InChI is InChI=1S/C22H30BrN5O2/c1-5-28(6-2)13-12-24-21(29)19-15-18(10-11-20(19)27(3)4)26-22(30)25-17-9-7-8-16(23)14-17/h7-11,14-15H,5-6,12-13H2,1-4H3,(H,24,29)(H2,25,26,30). The molecule has 2 aromatic carbocycles. The fourth-order valence-corrected chi connectivity index (χ4v) is 3.41. The summed E-state index contributed by atoms with van der Waals surface area (Å²) in [4.78, 5) is 29.3. The fourth-order valence-electron chi connectivity index (χ4n) is 3.01. The molecule has 0 aliphatic carbocycles. The maximum absolute atomic E-state index is 12.8. The van der Waals surface area contributed by atoms with E-state index in [0.717, 1.165) is 29.8 Å². The smallest absolute Gasteiger partial charge is 0.323 e. The second kappa shape index (κ2) is 11.6. The summed E-state index contributed by atoms with van der Waals surface area (Å²) in [6.45, 7) is 7.45. The largest absolute Gasteiger partial charge is 0.377 e. The van der Waals surface area contributed by atoms with E-state index in [0.29, 0.717) is 23.5 Å². The molecule has 0 fully saturated rings. The van der Waals surface area contributed by atoms with Gasteiger partial charge in [0.15, 0.2) is 0 Å². The van der Waals surface area contributed by atoms with E-state index in [1.807, 2.05) is 43.3 Å². The number of nitrogens with zero attached hydrogens (tertiary/aromatic N) is 2. The highest BCUT2D eigenvalue weighted by molar-refractivity contribution is 9.10. The van der Waals surface area contributed by atoms with Crippen LogP contribution < -0.4 is 20.9 Å². The molecule has 0 heterocycles. The average Bonchev–Trinajstić information content (AvgIpc) is 2.70. The number of hydrogen-bond donors (Lipinski definition) is 3. The minimum absolute atomic E-state index is 0.165. The molecule has 0 aromatic heterocycles. The Morgan fingerprint density at radius 2 is 1.63 bits per heavy atom. The predicted octanol–water partition coefficient (Wildman–Crippen LogP) is 4.23. The van der Waals surface area contributed by atoms with Crippen molar-refractivity contribution in [3.05, 3.63) is 52.5 Å². The van der Waals surface area contributed by atoms with E-state index in [-0.39, 0.29) is 11.9 Å². The molecular weight excluding hydrogens is 446 g/mol. The zero-order chi connectivity index (χ0) is 22.1. The molecule has 0 aliphatic rings. The molecule has 3 N–H and O–H groups in total. The molecule has 0 aliphatic heterocycles. The minimum Gasteiger partial charge on any atom is -0.377 e. The lowest BCUT2D eigenvalue weighted by atomic mass is 10.1. The van der Waals surface area contributed by atoms with Crippen molar-refractivity contribution in [3.63, 3.8) is 0 Å². The van der Waals surface area contributed by atoms with Crippen molar-refractivity contribution in [1.82, 2.24) is 10.2 Å². The summed E-state index contributed by atoms with van der Waals surface area (Å²) in [6, 6.07) is 12.3. The van der Waals surface area contributed by atoms with Gasteiger partial charge in [0, 0.05) is 48.7 Å². The van der Waals surface area contributed by atoms with Crippen LogP contribution in [0.3, 0.4) is 0 Å². The zero-order valence-corrected chi connectivity index (χ0v) is 19.5. The molecule has 0 spiro atoms. The summed E-state index contributed by atoms with van der Waals surface area (Å²) in [5.41, 5.74) is 2.51. The number of hydrogen-bond acceptors (Lipinski definition) is 4. The highest BCUT2D eigenvalue weighted by Crippen LogP contribution is 2.23. The molecule has 7 nitrogen and oxygen atoms in total. The van der Waals surface area contributed by atoms with Crippen LogP contribution in [0.2, 0.25) is 0 Å². The summed E-state index contributed by atoms with van der Waals surface area (Å²) in [6.07, 6.45) is 0. The van der Waals surface area contributed by atoms with Gasteiger partial charge in [-0.2, -0.15) is 0 Å². The first-order valence-electron chi connectivity index (χ1n) is 9.99. The number of halogens is 1. The lowest BCUT2D eigenvalue weighted by Gasteiger charge is -2.20. The highest BCUT2D eigenvalue weighted by Gasteiger charge is 2.15. The van der Waals surface area contributed by atoms with Gasteiger partial charge in [0.1, 0.15) is 0 Å². The van der Waals surface area contributed by atoms with Crippen LogP contribution in [0.4, 0.5) is 21.9 Å². The maximum atomic E-state index is 12.8. The molecule has 2 aromatic rings. The third kappa shape index (κ3) is 7.03. The number of nitrogens with one attached hydrogen (secondary N) is 3. The van der Waals surface area contributed by atoms with Crippen LogP contribution in [0.25, 0.3) is 0 Å². The van der Waals surface area contributed by atoms with Crippen molar-refractivity contribution >= 4 is 44.9 Å². The van der Waals surface area contributed by atoms with Gasteiger partial charge in [-0.1, -0.05) is 35.8 Å². The van der Waals surface area contributed by atoms with Gasteiger partial charge in [0.25, 0.3) is 5.91 Å². The Balaban J connectivity index is 2.09. The monoisotopic (exact) mass is 475 g/mol. The summed E-state index contributed by atoms with van der Waals surface area (Å²) < 4.78 is 0.874. The van der Waals surface area contributed by atoms with Crippen LogP contribution in [0.15, 0.2) is 46.9 Å². The third-order valence-electron chi connectivity index (χ3n) is 4.67. The molecule has 0 bridgehead atoms. The molecule has 0 saturated heterocycles. The van der Waals surface area contributed by atoms with Crippen molar-refractivity contribution in [3.8, 4) is 0 Å². The second-order valence-corrected chi connectivity index (χ2v) is 7.91. The molecule has 0 atom stereocenters. The van der Waals surface area contributed by atoms with Gasteiger partial charge in [-0.05, 0) is 49.5 Å². The number of carbonyl (C=O) groups is 2. The van der Waals surface area contributed by atoms with Gasteiger partial charge in [0.05, 0.1) is 5.56 Å². The normalized spacial score (nSPS) is 10.6. The van der Waals surface area contributed by atoms with Gasteiger partial charge in [-0.3, -0.25) is 4.79 Å². The topological polar surface area (TPSA) is 76.7 Å². The fraction of sp³-hybridized carbons (Fsp3) is 0.364. The average molecular weight is 476 g/mol. The van der Waals surface area contributed by atoms with Crippen LogP contribution >= 0.6 is 15.9 Å². The Morgan fingerprint density at radius 3 is 2.23 bits per heavy atom. The van der Waals surface area contributed by atoms with Gasteiger partial charge >= 0.3 is 6.03 Å². The number of likely N-dealkylation sites (N-methyl/N-ethyl adjacent to an activating group) is 1. The number of anilines is 3. The maximum Gasteiger partial charge on any atom is 0.323 e. The zero-order valence-electron chi connectivity index (χ0n) is 18.0. The molecule has 0 saturated carbocycles. The van der Waals surface area contributed by atoms with Crippen LogP contribution in [-0.4, -0.2) is 57.1 Å². The van der Waals surface area contributed by atoms with E-state index >= 15 is 0 Å². The van der Waals surface area contributed by atoms with Crippen LogP contribution in [-0.2, 0) is 0 Å². The van der Waals surface area contributed by atoms with Gasteiger partial charge in [-0.25, -0.2) is 4.79 Å². The predicted molar refractivity (Wildman–Crippen MR) is 128 cm³/mol. The van der Waals surface area contributed by atoms with Crippen molar-refractivity contribution in [2.24, 2.45) is 0 Å². The van der Waals surface area contributed by atoms with Crippen molar-refractivity contribution in [2.75, 3.05) is 55.8 Å². The number of urea groups is 1. The summed E-state index contributed by atoms with van der Waals surface area (Å²) in [5.74, 6) is -0.165. The van der Waals surface area contributed by atoms with Crippen LogP contribution in [0, 0.1) is 0 Å². The first-order valence-corrected chi connectivity index (χ1v) is 10.8. The minimum atomic E-state index is -0.376. The Bertz CT molecular complexity index is 868. The van der Waals surface area contributed by atoms with Crippen LogP contribution in [0.5, 0.6) is 0 Å². The van der Waals surface area contributed by atoms with Crippen molar-refractivity contribution < 1.29 is 9.59 Å². The van der Waals surface area contributed by atoms with E-state index in [4.69, 9.17) is 0 Å². The molecule has 2 rings (SSSR count). The lowest BCUT2D eigenvalue weighted by molar-refractivity contribution is 0.0949. The first kappa shape index (κ1) is 23.7. The molecule has 162 valence electrons. The number of rotatable bonds is 9. The number of amides is 3. The first-order chi connectivity index (χ1) is 14.3. The molecule has 8 heteroatoms. The molecule has 0 unspecified atom stereocenters. The van der Waals surface area contributed by atoms with E-state index in [2.05, 4.69) is 50.6 Å². The Labute approximate surface area is 186 Å². The summed E-state index contributed by atoms with van der Waals surface area (Å²) >= 11 is 3.38. The molecule has 30 heavy (non-hydrogen) atoms. The molecular formula is C22H30BrN5O2. The molecule has 0 radical (unpaired) electrons. The third-order valence-corrected chi connectivity index (χ3v) is 5.16. The summed E-state index contributed by atoms with van der Waals surface area (Å²) in [7, 11) is 3.77. The Hall–Kier alpha value is -2.58. The van der Waals surface area contributed by atoms with Gasteiger partial charge in [0.2, 0.25) is 0 Å². The SMILES string of the molecule is CCN(CC)CCNC(=O)c1cc(NC(=O)Nc2cccc(Br)c2)ccc1N(C)C. The lowest BCUT2D eigenvalue weighted by Crippen LogP contribution is -2.35. The van der Waals surface area contributed by atoms with Gasteiger partial charge in [-0.15, -0.1) is 0 Å². The highest BCUT2D eigenvalue weighted by atomic mass is 79.9. The van der Waals surface area contributed by atoms with E-state index in [1.165, 1.54) is 0 Å².